The first-order valence-corrected chi connectivity index (χ1v) is 25.0. The first-order chi connectivity index (χ1) is 33.8. The van der Waals surface area contributed by atoms with Gasteiger partial charge in [-0.3, -0.25) is 28.6 Å². The van der Waals surface area contributed by atoms with Crippen LogP contribution in [0.4, 0.5) is 41.8 Å². The minimum absolute atomic E-state index is 0.00777. The van der Waals surface area contributed by atoms with Crippen LogP contribution >= 0.6 is 11.3 Å². The molecule has 70 heavy (non-hydrogen) atoms. The van der Waals surface area contributed by atoms with Crippen molar-refractivity contribution >= 4 is 68.0 Å². The van der Waals surface area contributed by atoms with E-state index in [4.69, 9.17) is 5.10 Å². The molecule has 372 valence electrons. The van der Waals surface area contributed by atoms with E-state index in [1.165, 1.54) is 6.92 Å². The summed E-state index contributed by atoms with van der Waals surface area (Å²) in [4.78, 5) is 70.6. The van der Waals surface area contributed by atoms with Crippen molar-refractivity contribution in [2.45, 2.75) is 104 Å². The molecule has 3 aliphatic rings. The molecule has 0 spiro atoms. The Hall–Kier alpha value is -6.61. The smallest absolute Gasteiger partial charge is 0.341 e. The maximum atomic E-state index is 14.7. The molecule has 8 rings (SSSR count). The molecule has 3 aromatic heterocycles. The van der Waals surface area contributed by atoms with Gasteiger partial charge in [0.1, 0.15) is 5.69 Å². The van der Waals surface area contributed by atoms with Gasteiger partial charge in [-0.15, -0.1) is 4.91 Å². The van der Waals surface area contributed by atoms with E-state index < -0.39 is 12.3 Å². The first-order valence-electron chi connectivity index (χ1n) is 24.2. The minimum atomic E-state index is -2.68. The number of thiazole rings is 1. The lowest BCUT2D eigenvalue weighted by Gasteiger charge is -2.33. The first kappa shape index (κ1) is 49.8. The summed E-state index contributed by atoms with van der Waals surface area (Å²) >= 11 is 1.03. The fourth-order valence-electron chi connectivity index (χ4n) is 9.78. The maximum Gasteiger partial charge on any atom is 0.341 e. The highest BCUT2D eigenvalue weighted by atomic mass is 32.1. The van der Waals surface area contributed by atoms with Gasteiger partial charge in [-0.1, -0.05) is 19.3 Å². The quantitative estimate of drug-likeness (QED) is 0.0466. The van der Waals surface area contributed by atoms with E-state index in [9.17, 15) is 32.9 Å². The van der Waals surface area contributed by atoms with Gasteiger partial charge in [0.25, 0.3) is 6.43 Å². The number of nitroso groups, excluding NO2 is 1. The molecule has 0 aliphatic carbocycles. The molecule has 0 atom stereocenters. The highest BCUT2D eigenvalue weighted by molar-refractivity contribution is 7.19. The van der Waals surface area contributed by atoms with E-state index in [0.717, 1.165) is 116 Å². The summed E-state index contributed by atoms with van der Waals surface area (Å²) in [7, 11) is 1.77. The number of hydrogen-bond donors (Lipinski definition) is 4. The predicted octanol–water partition coefficient (Wildman–Crippen LogP) is 7.82. The van der Waals surface area contributed by atoms with Gasteiger partial charge in [0.15, 0.2) is 5.82 Å². The summed E-state index contributed by atoms with van der Waals surface area (Å²) in [5.74, 6) is -0.0169. The Kier molecular flexibility index (Phi) is 16.0. The predicted molar refractivity (Wildman–Crippen MR) is 265 cm³/mol. The van der Waals surface area contributed by atoms with Crippen molar-refractivity contribution in [3.63, 3.8) is 0 Å². The molecule has 2 aromatic carbocycles. The van der Waals surface area contributed by atoms with E-state index >= 15 is 0 Å². The van der Waals surface area contributed by atoms with E-state index in [0.29, 0.717) is 73.3 Å². The number of likely N-dealkylation sites (tertiary alicyclic amines) is 1. The number of nitrogens with one attached hydrogen (secondary N) is 5. The average Bonchev–Trinajstić information content (AvgIpc) is 4.05. The van der Waals surface area contributed by atoms with Gasteiger partial charge >= 0.3 is 11.0 Å². The third-order valence-electron chi connectivity index (χ3n) is 13.4. The molecule has 0 unspecified atom stereocenters. The number of aryl methyl sites for hydroxylation is 3. The van der Waals surface area contributed by atoms with Crippen LogP contribution in [-0.2, 0) is 40.8 Å². The van der Waals surface area contributed by atoms with E-state index in [2.05, 4.69) is 51.0 Å². The molecule has 0 radical (unpaired) electrons. The van der Waals surface area contributed by atoms with Crippen LogP contribution in [-0.4, -0.2) is 98.8 Å². The molecule has 21 heteroatoms. The molecule has 5 N–H and O–H groups in total. The zero-order chi connectivity index (χ0) is 49.5. The minimum Gasteiger partial charge on any atom is -0.385 e. The van der Waals surface area contributed by atoms with E-state index in [1.807, 2.05) is 11.0 Å². The van der Waals surface area contributed by atoms with Crippen molar-refractivity contribution in [2.24, 2.45) is 12.2 Å². The fourth-order valence-corrected chi connectivity index (χ4v) is 10.6. The summed E-state index contributed by atoms with van der Waals surface area (Å²) in [6, 6.07) is 8.77. The van der Waals surface area contributed by atoms with Crippen molar-refractivity contribution in [1.82, 2.24) is 34.7 Å². The molecule has 18 nitrogen and oxygen atoms in total. The molecule has 1 saturated heterocycles. The number of hydrogen-bond acceptors (Lipinski definition) is 12. The zero-order valence-electron chi connectivity index (χ0n) is 40.2. The van der Waals surface area contributed by atoms with Gasteiger partial charge in [-0.25, -0.2) is 18.6 Å². The Bertz CT molecular complexity index is 2730. The van der Waals surface area contributed by atoms with Crippen molar-refractivity contribution in [3.05, 3.63) is 81.3 Å². The summed E-state index contributed by atoms with van der Waals surface area (Å²) < 4.78 is 33.2. The van der Waals surface area contributed by atoms with Crippen LogP contribution in [0.2, 0.25) is 0 Å². The number of nitrogens with zero attached hydrogens (tertiary/aromatic N) is 8. The Balaban J connectivity index is 0.784. The largest absolute Gasteiger partial charge is 0.385 e. The van der Waals surface area contributed by atoms with Crippen LogP contribution in [0.1, 0.15) is 116 Å². The monoisotopic (exact) mass is 982 g/mol. The van der Waals surface area contributed by atoms with E-state index in [1.54, 1.807) is 62.2 Å². The van der Waals surface area contributed by atoms with Gasteiger partial charge in [0, 0.05) is 113 Å². The number of carbonyl (C=O) groups excluding carboxylic acids is 4. The molecular formula is C49H62F2N13O5S+. The number of rotatable bonds is 19. The number of benzene rings is 2. The standard InChI is InChI=1S/C49H61F2N13O5S/c1-30-48(59-69)70-49(55-30)57-47(68)37-13-12-35(24-41(37)56-31(2)65)52-17-8-6-5-7-9-18-53-44(67)29-61-20-14-36(15-21-61)64-42-16-22-62(32(3)66)28-40(42)46(58-64)63-19-10-11-33-23-38(34-26-54-60(4)27-34)39(45(50)51)25-43(33)63/h12-13,23-27,36,45,52H,5-11,14-22,28-29H2,1-4H3,(H,53,67)(H,56,65)(H,55,57,68)/p+1. The molecule has 6 heterocycles. The molecule has 1 fully saturated rings. The van der Waals surface area contributed by atoms with Crippen LogP contribution in [0.25, 0.3) is 11.1 Å². The van der Waals surface area contributed by atoms with Crippen LogP contribution in [0.15, 0.2) is 47.9 Å². The van der Waals surface area contributed by atoms with Crippen LogP contribution in [0, 0.1) is 11.8 Å². The van der Waals surface area contributed by atoms with Crippen LogP contribution in [0.3, 0.4) is 0 Å². The molecule has 4 amide bonds. The normalized spacial score (nSPS) is 15.1. The van der Waals surface area contributed by atoms with Crippen LogP contribution < -0.4 is 31.2 Å². The van der Waals surface area contributed by atoms with Crippen LogP contribution in [0.5, 0.6) is 0 Å². The lowest BCUT2D eigenvalue weighted by atomic mass is 9.92. The number of piperidine rings is 1. The molecular weight excluding hydrogens is 921 g/mol. The second-order valence-electron chi connectivity index (χ2n) is 18.4. The van der Waals surface area contributed by atoms with Gasteiger partial charge in [-0.05, 0) is 96.5 Å². The summed E-state index contributed by atoms with van der Waals surface area (Å²) in [5, 5.41) is 25.0. The third-order valence-corrected chi connectivity index (χ3v) is 14.3. The second kappa shape index (κ2) is 22.4. The number of carbonyl (C=O) groups is 4. The van der Waals surface area contributed by atoms with Crippen molar-refractivity contribution in [1.29, 1.82) is 0 Å². The van der Waals surface area contributed by atoms with Crippen molar-refractivity contribution in [2.75, 3.05) is 66.7 Å². The average molecular weight is 983 g/mol. The summed E-state index contributed by atoms with van der Waals surface area (Å²) in [5.41, 5.74) is 6.85. The summed E-state index contributed by atoms with van der Waals surface area (Å²) in [6.07, 6.45) is 9.36. The Morgan fingerprint density at radius 2 is 1.73 bits per heavy atom. The number of fused-ring (bicyclic) bond motifs is 2. The zero-order valence-corrected chi connectivity index (χ0v) is 41.0. The Morgan fingerprint density at radius 3 is 2.43 bits per heavy atom. The lowest BCUT2D eigenvalue weighted by Crippen LogP contribution is -2.42. The highest BCUT2D eigenvalue weighted by Gasteiger charge is 2.35. The van der Waals surface area contributed by atoms with Gasteiger partial charge in [0.05, 0.1) is 36.6 Å². The highest BCUT2D eigenvalue weighted by Crippen LogP contribution is 2.44. The van der Waals surface area contributed by atoms with Gasteiger partial charge in [0.2, 0.25) is 22.7 Å². The number of H-pyrrole nitrogens is 1. The summed E-state index contributed by atoms with van der Waals surface area (Å²) in [6.45, 7) is 9.40. The SMILES string of the molecule is CC(=O)Nc1cc(NCCCCCCCNC(=O)CN2CCC(n3nc(N4CCCc5cc(-c6cnn(C)c6)c(C(F)F)cc54)c4c3CCN(C(C)=O)C4)CC2)ccc1C(=O)Nc1[nH+]c(C)c(N=O)s1. The fraction of sp³-hybridized carbons (Fsp3) is 0.490. The number of aromatic amines is 1. The molecule has 5 aromatic rings. The topological polar surface area (TPSA) is 205 Å². The van der Waals surface area contributed by atoms with Crippen molar-refractivity contribution in [3.8, 4) is 11.1 Å². The number of anilines is 5. The van der Waals surface area contributed by atoms with Gasteiger partial charge < -0.3 is 25.8 Å². The second-order valence-corrected chi connectivity index (χ2v) is 19.4. The van der Waals surface area contributed by atoms with Gasteiger partial charge in [-0.2, -0.15) is 15.5 Å². The number of alkyl halides is 2. The number of aromatic nitrogens is 5. The lowest BCUT2D eigenvalue weighted by molar-refractivity contribution is -0.363. The molecule has 0 bridgehead atoms. The Labute approximate surface area is 409 Å². The maximum absolute atomic E-state index is 14.7. The van der Waals surface area contributed by atoms with E-state index in [-0.39, 0.29) is 39.9 Å². The number of amides is 4. The molecule has 3 aliphatic heterocycles. The molecule has 0 saturated carbocycles. The van der Waals surface area contributed by atoms with Crippen molar-refractivity contribution < 1.29 is 32.9 Å². The number of unbranched alkanes of at least 4 members (excludes halogenated alkanes) is 4. The number of halogens is 2. The Morgan fingerprint density at radius 1 is 0.957 bits per heavy atom. The third kappa shape index (κ3) is 11.7.